The van der Waals surface area contributed by atoms with Crippen molar-refractivity contribution in [1.29, 1.82) is 0 Å². The summed E-state index contributed by atoms with van der Waals surface area (Å²) >= 11 is 6.06. The van der Waals surface area contributed by atoms with Crippen LogP contribution in [0.2, 0.25) is 5.02 Å². The van der Waals surface area contributed by atoms with Crippen LogP contribution in [0, 0.1) is 11.8 Å². The monoisotopic (exact) mass is 499 g/mol. The Hall–Kier alpha value is -2.68. The van der Waals surface area contributed by atoms with E-state index in [1.54, 1.807) is 46.0 Å². The molecule has 0 aliphatic carbocycles. The molecule has 0 bridgehead atoms. The summed E-state index contributed by atoms with van der Waals surface area (Å²) in [5.41, 5.74) is -1.62. The average molecular weight is 500 g/mol. The molecule has 8 nitrogen and oxygen atoms in total. The number of likely N-dealkylation sites (N-methyl/N-ethyl adjacent to an activating group) is 1. The van der Waals surface area contributed by atoms with Crippen molar-refractivity contribution < 1.29 is 24.2 Å². The summed E-state index contributed by atoms with van der Waals surface area (Å²) < 4.78 is 6.73. The summed E-state index contributed by atoms with van der Waals surface area (Å²) in [6.45, 7) is 2.86. The van der Waals surface area contributed by atoms with Gasteiger partial charge >= 0.3 is 0 Å². The smallest absolute Gasteiger partial charge is 0.253 e. The van der Waals surface area contributed by atoms with Gasteiger partial charge in [0.25, 0.3) is 5.91 Å². The lowest BCUT2D eigenvalue weighted by Crippen LogP contribution is -2.56. The first-order valence-electron chi connectivity index (χ1n) is 12.0. The van der Waals surface area contributed by atoms with E-state index in [1.807, 2.05) is 31.2 Å². The number of aliphatic hydroxyl groups excluding tert-OH is 1. The van der Waals surface area contributed by atoms with Crippen molar-refractivity contribution in [2.75, 3.05) is 38.2 Å². The molecule has 5 rings (SSSR count). The number of nitrogens with zero attached hydrogens (tertiary/aromatic N) is 3. The molecule has 0 saturated carbocycles. The fourth-order valence-corrected chi connectivity index (χ4v) is 6.26. The Bertz CT molecular complexity index is 1100. The number of aliphatic hydroxyl groups is 1. The highest BCUT2D eigenvalue weighted by molar-refractivity contribution is 6.30. The number of likely N-dealkylation sites (tertiary alicyclic amines) is 1. The van der Waals surface area contributed by atoms with Gasteiger partial charge in [0.2, 0.25) is 11.8 Å². The summed E-state index contributed by atoms with van der Waals surface area (Å²) in [6, 6.07) is 6.07. The molecule has 1 aromatic carbocycles. The summed E-state index contributed by atoms with van der Waals surface area (Å²) in [4.78, 5) is 46.5. The van der Waals surface area contributed by atoms with Crippen molar-refractivity contribution in [3.05, 3.63) is 53.6 Å². The van der Waals surface area contributed by atoms with Crippen molar-refractivity contribution in [1.82, 2.24) is 9.80 Å². The highest BCUT2D eigenvalue weighted by Gasteiger charge is 2.74. The number of ether oxygens (including phenoxy) is 1. The average Bonchev–Trinajstić information content (AvgIpc) is 3.09. The molecule has 2 fully saturated rings. The molecule has 1 N–H and O–H groups in total. The third-order valence-electron chi connectivity index (χ3n) is 7.70. The van der Waals surface area contributed by atoms with Crippen LogP contribution in [0.15, 0.2) is 48.6 Å². The molecule has 1 unspecified atom stereocenters. The molecule has 1 aromatic rings. The van der Waals surface area contributed by atoms with E-state index >= 15 is 0 Å². The van der Waals surface area contributed by atoms with Crippen molar-refractivity contribution in [3.8, 4) is 0 Å². The maximum Gasteiger partial charge on any atom is 0.253 e. The molecule has 186 valence electrons. The minimum atomic E-state index is -1.27. The fraction of sp³-hybridized carbons (Fsp3) is 0.500. The number of carbonyl (C=O) groups excluding carboxylic acids is 3. The maximum absolute atomic E-state index is 14.2. The van der Waals surface area contributed by atoms with Crippen LogP contribution in [0.4, 0.5) is 5.69 Å². The Balaban J connectivity index is 1.62. The van der Waals surface area contributed by atoms with Crippen molar-refractivity contribution in [3.63, 3.8) is 0 Å². The van der Waals surface area contributed by atoms with Gasteiger partial charge in [-0.25, -0.2) is 0 Å². The Morgan fingerprint density at radius 2 is 1.71 bits per heavy atom. The molecule has 5 atom stereocenters. The maximum atomic E-state index is 14.2. The summed E-state index contributed by atoms with van der Waals surface area (Å²) in [5.74, 6) is -2.25. The molecule has 3 amide bonds. The van der Waals surface area contributed by atoms with E-state index in [-0.39, 0.29) is 24.3 Å². The first-order chi connectivity index (χ1) is 16.7. The highest BCUT2D eigenvalue weighted by atomic mass is 35.5. The van der Waals surface area contributed by atoms with E-state index in [0.29, 0.717) is 43.2 Å². The molecule has 4 aliphatic rings. The number of anilines is 1. The molecule has 4 aliphatic heterocycles. The van der Waals surface area contributed by atoms with Crippen LogP contribution < -0.4 is 4.90 Å². The Kier molecular flexibility index (Phi) is 6.02. The van der Waals surface area contributed by atoms with Crippen LogP contribution in [0.5, 0.6) is 0 Å². The van der Waals surface area contributed by atoms with Crippen LogP contribution in [0.25, 0.3) is 0 Å². The second kappa shape index (κ2) is 8.76. The zero-order valence-electron chi connectivity index (χ0n) is 19.9. The second-order valence-corrected chi connectivity index (χ2v) is 10.3. The number of unbranched alkanes of at least 4 members (excludes halogenated alkanes) is 1. The van der Waals surface area contributed by atoms with Crippen LogP contribution >= 0.6 is 11.6 Å². The zero-order chi connectivity index (χ0) is 25.0. The van der Waals surface area contributed by atoms with Gasteiger partial charge in [-0.2, -0.15) is 0 Å². The normalized spacial score (nSPS) is 34.1. The molecular formula is C26H30ClN3O5. The standard InChI is InChI=1S/C26H30ClN3O5/c1-25-11-5-13-28(2)22(32)19(25)20-23(33)30(14-3-4-16-31)21-24(34)29(15-6-12-26(20,21)35-25)18-9-7-17(27)8-10-18/h5-12,19-21,31H,3-4,13-16H2,1-2H3/t19-,20+,21?,25+,26+/m1/s1. The van der Waals surface area contributed by atoms with Crippen molar-refractivity contribution in [2.45, 2.75) is 37.0 Å². The zero-order valence-corrected chi connectivity index (χ0v) is 20.6. The number of halogens is 1. The van der Waals surface area contributed by atoms with Crippen LogP contribution in [-0.4, -0.2) is 83.2 Å². The first-order valence-corrected chi connectivity index (χ1v) is 12.4. The summed E-state index contributed by atoms with van der Waals surface area (Å²) in [7, 11) is 1.72. The van der Waals surface area contributed by atoms with E-state index in [4.69, 9.17) is 16.3 Å². The highest BCUT2D eigenvalue weighted by Crippen LogP contribution is 2.57. The Labute approximate surface area is 209 Å². The van der Waals surface area contributed by atoms with Crippen LogP contribution in [-0.2, 0) is 19.1 Å². The van der Waals surface area contributed by atoms with E-state index < -0.39 is 29.1 Å². The first kappa shape index (κ1) is 24.0. The quantitative estimate of drug-likeness (QED) is 0.494. The van der Waals surface area contributed by atoms with Crippen molar-refractivity contribution >= 4 is 35.0 Å². The van der Waals surface area contributed by atoms with Gasteiger partial charge in [0.05, 0.1) is 17.4 Å². The molecule has 35 heavy (non-hydrogen) atoms. The van der Waals surface area contributed by atoms with Gasteiger partial charge in [-0.1, -0.05) is 35.9 Å². The van der Waals surface area contributed by atoms with Gasteiger partial charge < -0.3 is 24.5 Å². The van der Waals surface area contributed by atoms with E-state index in [2.05, 4.69) is 0 Å². The van der Waals surface area contributed by atoms with Gasteiger partial charge in [-0.15, -0.1) is 0 Å². The van der Waals surface area contributed by atoms with Gasteiger partial charge in [0.1, 0.15) is 11.6 Å². The topological polar surface area (TPSA) is 90.4 Å². The van der Waals surface area contributed by atoms with Crippen molar-refractivity contribution in [2.24, 2.45) is 11.8 Å². The third kappa shape index (κ3) is 3.61. The number of benzene rings is 1. The van der Waals surface area contributed by atoms with Gasteiger partial charge in [0, 0.05) is 44.0 Å². The van der Waals surface area contributed by atoms with Gasteiger partial charge in [-0.3, -0.25) is 14.4 Å². The lowest BCUT2D eigenvalue weighted by Gasteiger charge is -2.37. The number of amides is 3. The van der Waals surface area contributed by atoms with E-state index in [1.165, 1.54) is 0 Å². The Morgan fingerprint density at radius 3 is 2.43 bits per heavy atom. The minimum absolute atomic E-state index is 0.00269. The summed E-state index contributed by atoms with van der Waals surface area (Å²) in [6.07, 6.45) is 8.49. The van der Waals surface area contributed by atoms with Crippen LogP contribution in [0.3, 0.4) is 0 Å². The molecule has 0 aromatic heterocycles. The van der Waals surface area contributed by atoms with E-state index in [0.717, 1.165) is 0 Å². The van der Waals surface area contributed by atoms with Gasteiger partial charge in [-0.05, 0) is 44.0 Å². The predicted molar refractivity (Wildman–Crippen MR) is 131 cm³/mol. The third-order valence-corrected chi connectivity index (χ3v) is 7.96. The number of fused-ring (bicyclic) bond motifs is 2. The minimum Gasteiger partial charge on any atom is -0.396 e. The van der Waals surface area contributed by atoms with E-state index in [9.17, 15) is 19.5 Å². The largest absolute Gasteiger partial charge is 0.396 e. The molecule has 4 heterocycles. The van der Waals surface area contributed by atoms with Crippen LogP contribution in [0.1, 0.15) is 19.8 Å². The second-order valence-electron chi connectivity index (χ2n) is 9.91. The molecule has 0 radical (unpaired) electrons. The lowest BCUT2D eigenvalue weighted by atomic mass is 9.74. The number of carbonyl (C=O) groups is 3. The molecule has 2 saturated heterocycles. The SMILES string of the molecule is CN1CC=C[C@]2(C)O[C@]34C=CCN(c5ccc(Cl)cc5)C(=O)C3N(CCCCO)C(=O)[C@@H]4[C@@H]2C1=O. The molecule has 9 heteroatoms. The Morgan fingerprint density at radius 1 is 1.00 bits per heavy atom. The number of hydrogen-bond donors (Lipinski definition) is 1. The summed E-state index contributed by atoms with van der Waals surface area (Å²) in [5, 5.41) is 9.87. The van der Waals surface area contributed by atoms with Gasteiger partial charge in [0.15, 0.2) is 0 Å². The fourth-order valence-electron chi connectivity index (χ4n) is 6.13. The lowest BCUT2D eigenvalue weighted by molar-refractivity contribution is -0.148. The molecular weight excluding hydrogens is 470 g/mol. The number of rotatable bonds is 5. The molecule has 1 spiro atoms. The predicted octanol–water partition coefficient (Wildman–Crippen LogP) is 2.01. The number of hydrogen-bond acceptors (Lipinski definition) is 5.